The van der Waals surface area contributed by atoms with Gasteiger partial charge in [-0.15, -0.1) is 0 Å². The van der Waals surface area contributed by atoms with E-state index in [1.54, 1.807) is 49.4 Å². The Morgan fingerprint density at radius 3 is 2.67 bits per heavy atom. The first-order chi connectivity index (χ1) is 14.3. The molecule has 0 aliphatic heterocycles. The maximum absolute atomic E-state index is 12.6. The number of aryl methyl sites for hydroxylation is 1. The van der Waals surface area contributed by atoms with Gasteiger partial charge < -0.3 is 15.0 Å². The number of nitrogens with one attached hydrogen (secondary N) is 1. The van der Waals surface area contributed by atoms with E-state index in [1.165, 1.54) is 4.90 Å². The molecule has 9 heteroatoms. The monoisotopic (exact) mass is 491 g/mol. The SMILES string of the molecule is Cc1cc(N(CCC#N)C(=O)COC(=O)CNC(=O)c2cccc(Br)c2)ccc1Cl. The molecule has 0 unspecified atom stereocenters. The Hall–Kier alpha value is -2.89. The van der Waals surface area contributed by atoms with Crippen molar-refractivity contribution in [3.63, 3.8) is 0 Å². The Kier molecular flexibility index (Phi) is 8.84. The summed E-state index contributed by atoms with van der Waals surface area (Å²) in [4.78, 5) is 37.9. The molecule has 2 aromatic rings. The molecule has 0 radical (unpaired) electrons. The van der Waals surface area contributed by atoms with Crippen molar-refractivity contribution in [2.45, 2.75) is 13.3 Å². The Morgan fingerprint density at radius 1 is 1.23 bits per heavy atom. The highest BCUT2D eigenvalue weighted by Gasteiger charge is 2.18. The molecule has 0 aliphatic rings. The third kappa shape index (κ3) is 6.87. The highest BCUT2D eigenvalue weighted by atomic mass is 79.9. The van der Waals surface area contributed by atoms with Crippen molar-refractivity contribution in [3.05, 3.63) is 63.1 Å². The number of halogens is 2. The van der Waals surface area contributed by atoms with Crippen LogP contribution in [-0.4, -0.2) is 37.5 Å². The van der Waals surface area contributed by atoms with E-state index >= 15 is 0 Å². The minimum absolute atomic E-state index is 0.115. The lowest BCUT2D eigenvalue weighted by Crippen LogP contribution is -2.37. The number of nitriles is 1. The third-order valence-corrected chi connectivity index (χ3v) is 4.96. The van der Waals surface area contributed by atoms with E-state index in [0.29, 0.717) is 16.3 Å². The average Bonchev–Trinajstić information content (AvgIpc) is 2.73. The fourth-order valence-electron chi connectivity index (χ4n) is 2.51. The van der Waals surface area contributed by atoms with Gasteiger partial charge in [0.2, 0.25) is 0 Å². The van der Waals surface area contributed by atoms with Crippen LogP contribution in [0.4, 0.5) is 5.69 Å². The number of esters is 1. The Labute approximate surface area is 187 Å². The van der Waals surface area contributed by atoms with Crippen LogP contribution in [0.3, 0.4) is 0 Å². The van der Waals surface area contributed by atoms with E-state index in [9.17, 15) is 14.4 Å². The van der Waals surface area contributed by atoms with Gasteiger partial charge >= 0.3 is 5.97 Å². The largest absolute Gasteiger partial charge is 0.454 e. The Balaban J connectivity index is 1.92. The molecule has 0 aliphatic carbocycles. The van der Waals surface area contributed by atoms with Crippen molar-refractivity contribution in [2.24, 2.45) is 0 Å². The molecule has 1 N–H and O–H groups in total. The second-order valence-corrected chi connectivity index (χ2v) is 7.56. The van der Waals surface area contributed by atoms with Crippen LogP contribution < -0.4 is 10.2 Å². The summed E-state index contributed by atoms with van der Waals surface area (Å²) in [6.45, 7) is 1.05. The van der Waals surface area contributed by atoms with Crippen molar-refractivity contribution in [3.8, 4) is 6.07 Å². The first kappa shape index (κ1) is 23.4. The zero-order valence-corrected chi connectivity index (χ0v) is 18.5. The molecule has 0 atom stereocenters. The molecule has 7 nitrogen and oxygen atoms in total. The Bertz CT molecular complexity index is 990. The van der Waals surface area contributed by atoms with Crippen LogP contribution in [0.5, 0.6) is 0 Å². The van der Waals surface area contributed by atoms with Crippen molar-refractivity contribution in [2.75, 3.05) is 24.6 Å². The molecule has 2 amide bonds. The number of carbonyl (C=O) groups excluding carboxylic acids is 3. The summed E-state index contributed by atoms with van der Waals surface area (Å²) in [6, 6.07) is 13.7. The van der Waals surface area contributed by atoms with E-state index in [4.69, 9.17) is 21.6 Å². The molecule has 0 aromatic heterocycles. The molecule has 30 heavy (non-hydrogen) atoms. The summed E-state index contributed by atoms with van der Waals surface area (Å²) in [5.74, 6) is -1.68. The molecule has 0 heterocycles. The zero-order chi connectivity index (χ0) is 22.1. The second kappa shape index (κ2) is 11.3. The molecule has 2 aromatic carbocycles. The van der Waals surface area contributed by atoms with Crippen molar-refractivity contribution >= 4 is 51.0 Å². The van der Waals surface area contributed by atoms with Gasteiger partial charge in [-0.3, -0.25) is 14.4 Å². The van der Waals surface area contributed by atoms with Crippen LogP contribution >= 0.6 is 27.5 Å². The van der Waals surface area contributed by atoms with Gasteiger partial charge in [0.25, 0.3) is 11.8 Å². The van der Waals surface area contributed by atoms with E-state index in [2.05, 4.69) is 21.2 Å². The lowest BCUT2D eigenvalue weighted by molar-refractivity contribution is -0.146. The maximum atomic E-state index is 12.6. The lowest BCUT2D eigenvalue weighted by Gasteiger charge is -2.22. The Morgan fingerprint density at radius 2 is 2.00 bits per heavy atom. The normalized spacial score (nSPS) is 10.1. The summed E-state index contributed by atoms with van der Waals surface area (Å²) < 4.78 is 5.72. The van der Waals surface area contributed by atoms with Gasteiger partial charge in [-0.1, -0.05) is 33.6 Å². The van der Waals surface area contributed by atoms with Gasteiger partial charge in [0.05, 0.1) is 12.5 Å². The summed E-state index contributed by atoms with van der Waals surface area (Å²) >= 11 is 9.29. The van der Waals surface area contributed by atoms with Crippen molar-refractivity contribution in [1.29, 1.82) is 5.26 Å². The predicted molar refractivity (Wildman–Crippen MR) is 116 cm³/mol. The average molecular weight is 493 g/mol. The fourth-order valence-corrected chi connectivity index (χ4v) is 3.03. The summed E-state index contributed by atoms with van der Waals surface area (Å²) in [6.07, 6.45) is 0.115. The van der Waals surface area contributed by atoms with Crippen LogP contribution in [0, 0.1) is 18.3 Å². The predicted octanol–water partition coefficient (Wildman–Crippen LogP) is 3.63. The van der Waals surface area contributed by atoms with E-state index in [-0.39, 0.29) is 19.5 Å². The molecule has 2 rings (SSSR count). The smallest absolute Gasteiger partial charge is 0.325 e. The number of anilines is 1. The second-order valence-electron chi connectivity index (χ2n) is 6.24. The van der Waals surface area contributed by atoms with E-state index in [0.717, 1.165) is 10.0 Å². The number of ether oxygens (including phenoxy) is 1. The van der Waals surface area contributed by atoms with Gasteiger partial charge in [0, 0.05) is 27.3 Å². The van der Waals surface area contributed by atoms with Gasteiger partial charge in [-0.05, 0) is 48.9 Å². The topological polar surface area (TPSA) is 99.5 Å². The van der Waals surface area contributed by atoms with Gasteiger partial charge in [-0.25, -0.2) is 0 Å². The number of amides is 2. The zero-order valence-electron chi connectivity index (χ0n) is 16.2. The lowest BCUT2D eigenvalue weighted by atomic mass is 10.2. The molecule has 0 fully saturated rings. The molecule has 156 valence electrons. The van der Waals surface area contributed by atoms with Crippen LogP contribution in [0.25, 0.3) is 0 Å². The number of carbonyl (C=O) groups is 3. The quantitative estimate of drug-likeness (QED) is 0.567. The van der Waals surface area contributed by atoms with Crippen LogP contribution in [0.15, 0.2) is 46.9 Å². The molecular formula is C21H19BrClN3O4. The van der Waals surface area contributed by atoms with Gasteiger partial charge in [0.1, 0.15) is 6.54 Å². The summed E-state index contributed by atoms with van der Waals surface area (Å²) in [5, 5.41) is 11.9. The van der Waals surface area contributed by atoms with E-state index in [1.807, 2.05) is 6.07 Å². The number of benzene rings is 2. The number of hydrogen-bond acceptors (Lipinski definition) is 5. The van der Waals surface area contributed by atoms with Crippen LogP contribution in [-0.2, 0) is 14.3 Å². The van der Waals surface area contributed by atoms with Crippen molar-refractivity contribution < 1.29 is 19.1 Å². The number of nitrogens with zero attached hydrogens (tertiary/aromatic N) is 2. The molecular weight excluding hydrogens is 474 g/mol. The van der Waals surface area contributed by atoms with Crippen molar-refractivity contribution in [1.82, 2.24) is 5.32 Å². The maximum Gasteiger partial charge on any atom is 0.325 e. The first-order valence-electron chi connectivity index (χ1n) is 8.94. The molecule has 0 bridgehead atoms. The highest BCUT2D eigenvalue weighted by molar-refractivity contribution is 9.10. The number of hydrogen-bond donors (Lipinski definition) is 1. The van der Waals surface area contributed by atoms with E-state index < -0.39 is 24.4 Å². The minimum Gasteiger partial charge on any atom is -0.454 e. The van der Waals surface area contributed by atoms with Gasteiger partial charge in [-0.2, -0.15) is 5.26 Å². The highest BCUT2D eigenvalue weighted by Crippen LogP contribution is 2.23. The third-order valence-electron chi connectivity index (χ3n) is 4.04. The summed E-state index contributed by atoms with van der Waals surface area (Å²) in [5.41, 5.74) is 1.71. The minimum atomic E-state index is -0.751. The summed E-state index contributed by atoms with van der Waals surface area (Å²) in [7, 11) is 0. The fraction of sp³-hybridized carbons (Fsp3) is 0.238. The first-order valence-corrected chi connectivity index (χ1v) is 10.1. The molecule has 0 saturated carbocycles. The molecule has 0 saturated heterocycles. The van der Waals surface area contributed by atoms with Gasteiger partial charge in [0.15, 0.2) is 6.61 Å². The van der Waals surface area contributed by atoms with Crippen LogP contribution in [0.2, 0.25) is 5.02 Å². The molecule has 0 spiro atoms. The number of rotatable bonds is 8. The standard InChI is InChI=1S/C21H19BrClN3O4/c1-14-10-17(6-7-18(14)23)26(9-3-8-24)19(27)13-30-20(28)12-25-21(29)15-4-2-5-16(22)11-15/h2,4-7,10-11H,3,9,12-13H2,1H3,(H,25,29). The van der Waals surface area contributed by atoms with Crippen LogP contribution in [0.1, 0.15) is 22.3 Å².